The summed E-state index contributed by atoms with van der Waals surface area (Å²) in [7, 11) is 0. The van der Waals surface area contributed by atoms with Gasteiger partial charge in [0.1, 0.15) is 5.00 Å². The summed E-state index contributed by atoms with van der Waals surface area (Å²) in [5.41, 5.74) is 1.97. The molecule has 0 saturated carbocycles. The van der Waals surface area contributed by atoms with Crippen LogP contribution >= 0.6 is 11.3 Å². The van der Waals surface area contributed by atoms with Gasteiger partial charge in [0.15, 0.2) is 0 Å². The molecule has 1 aliphatic heterocycles. The van der Waals surface area contributed by atoms with Crippen LogP contribution in [0.4, 0.5) is 5.00 Å². The molecular formula is C20H23NO4S. The summed E-state index contributed by atoms with van der Waals surface area (Å²) in [6.07, 6.45) is 0.710. The molecule has 0 unspecified atom stereocenters. The fourth-order valence-electron chi connectivity index (χ4n) is 2.99. The van der Waals surface area contributed by atoms with Crippen LogP contribution in [0.1, 0.15) is 51.9 Å². The highest BCUT2D eigenvalue weighted by Crippen LogP contribution is 2.39. The van der Waals surface area contributed by atoms with Crippen molar-refractivity contribution in [3.05, 3.63) is 51.9 Å². The highest BCUT2D eigenvalue weighted by molar-refractivity contribution is 7.17. The summed E-state index contributed by atoms with van der Waals surface area (Å²) < 4.78 is 11.2. The Bertz CT molecular complexity index is 798. The fourth-order valence-corrected chi connectivity index (χ4v) is 4.12. The minimum absolute atomic E-state index is 0.0583. The number of hydrogen-bond donors (Lipinski definition) is 1. The highest BCUT2D eigenvalue weighted by Gasteiger charge is 2.32. The molecule has 1 aromatic heterocycles. The minimum atomic E-state index is -0.391. The van der Waals surface area contributed by atoms with Crippen LogP contribution in [-0.4, -0.2) is 24.6 Å². The second-order valence-corrected chi connectivity index (χ2v) is 7.65. The number of benzene rings is 1. The predicted molar refractivity (Wildman–Crippen MR) is 102 cm³/mol. The van der Waals surface area contributed by atoms with E-state index in [2.05, 4.69) is 19.2 Å². The van der Waals surface area contributed by atoms with Crippen LogP contribution in [0.2, 0.25) is 0 Å². The van der Waals surface area contributed by atoms with E-state index in [9.17, 15) is 9.59 Å². The molecule has 1 amide bonds. The van der Waals surface area contributed by atoms with E-state index in [0.717, 1.165) is 10.4 Å². The third-order valence-electron chi connectivity index (χ3n) is 4.41. The number of fused-ring (bicyclic) bond motifs is 1. The second-order valence-electron chi connectivity index (χ2n) is 6.55. The molecule has 5 nitrogen and oxygen atoms in total. The van der Waals surface area contributed by atoms with E-state index < -0.39 is 5.97 Å². The number of ether oxygens (including phenoxy) is 2. The Morgan fingerprint density at radius 1 is 1.31 bits per heavy atom. The monoisotopic (exact) mass is 373 g/mol. The van der Waals surface area contributed by atoms with Gasteiger partial charge in [-0.2, -0.15) is 0 Å². The molecule has 3 rings (SSSR count). The number of hydrogen-bond acceptors (Lipinski definition) is 5. The number of rotatable bonds is 5. The van der Waals surface area contributed by atoms with Crippen LogP contribution in [0.3, 0.4) is 0 Å². The second kappa shape index (κ2) is 8.01. The van der Waals surface area contributed by atoms with Crippen molar-refractivity contribution in [2.75, 3.05) is 11.9 Å². The van der Waals surface area contributed by atoms with Crippen molar-refractivity contribution in [3.8, 4) is 0 Å². The molecule has 0 aliphatic carbocycles. The normalized spacial score (nSPS) is 16.2. The zero-order valence-corrected chi connectivity index (χ0v) is 16.0. The Balaban J connectivity index is 1.94. The fraction of sp³-hybridized carbons (Fsp3) is 0.400. The zero-order valence-electron chi connectivity index (χ0n) is 15.2. The third kappa shape index (κ3) is 3.81. The van der Waals surface area contributed by atoms with Gasteiger partial charge in [0, 0.05) is 16.9 Å². The number of anilines is 1. The molecule has 0 fully saturated rings. The SMILES string of the molecule is CCOC(=O)c1c(NC(=O)c2ccccc2)sc2c1C[C@H](C(C)C)OC2. The molecule has 1 aromatic carbocycles. The summed E-state index contributed by atoms with van der Waals surface area (Å²) in [5.74, 6) is -0.283. The molecule has 0 spiro atoms. The minimum Gasteiger partial charge on any atom is -0.462 e. The van der Waals surface area contributed by atoms with Gasteiger partial charge in [-0.1, -0.05) is 32.0 Å². The molecule has 1 N–H and O–H groups in total. The van der Waals surface area contributed by atoms with Crippen molar-refractivity contribution in [2.45, 2.75) is 39.9 Å². The van der Waals surface area contributed by atoms with Crippen molar-refractivity contribution in [1.82, 2.24) is 0 Å². The summed E-state index contributed by atoms with van der Waals surface area (Å²) >= 11 is 1.40. The van der Waals surface area contributed by atoms with E-state index in [1.807, 2.05) is 18.2 Å². The van der Waals surface area contributed by atoms with Crippen LogP contribution < -0.4 is 5.32 Å². The van der Waals surface area contributed by atoms with Crippen molar-refractivity contribution in [2.24, 2.45) is 5.92 Å². The highest BCUT2D eigenvalue weighted by atomic mass is 32.1. The Hall–Kier alpha value is -2.18. The maximum atomic E-state index is 12.6. The standard InChI is InChI=1S/C20H23NO4S/c1-4-24-20(23)17-14-10-15(12(2)3)25-11-16(14)26-19(17)21-18(22)13-8-6-5-7-9-13/h5-9,12,15H,4,10-11H2,1-3H3,(H,21,22)/t15-/m1/s1. The van der Waals surface area contributed by atoms with E-state index in [4.69, 9.17) is 9.47 Å². The lowest BCUT2D eigenvalue weighted by Crippen LogP contribution is -2.27. The Morgan fingerprint density at radius 2 is 2.04 bits per heavy atom. The van der Waals surface area contributed by atoms with Crippen molar-refractivity contribution in [1.29, 1.82) is 0 Å². The Labute approximate surface area is 157 Å². The number of carbonyl (C=O) groups is 2. The summed E-state index contributed by atoms with van der Waals surface area (Å²) in [4.78, 5) is 26.1. The zero-order chi connectivity index (χ0) is 18.7. The summed E-state index contributed by atoms with van der Waals surface area (Å²) in [6.45, 7) is 6.73. The van der Waals surface area contributed by atoms with E-state index in [1.165, 1.54) is 11.3 Å². The van der Waals surface area contributed by atoms with Gasteiger partial charge < -0.3 is 14.8 Å². The van der Waals surface area contributed by atoms with Gasteiger partial charge in [0.25, 0.3) is 5.91 Å². The lowest BCUT2D eigenvalue weighted by molar-refractivity contribution is 0.00124. The van der Waals surface area contributed by atoms with Crippen LogP contribution in [0.25, 0.3) is 0 Å². The Morgan fingerprint density at radius 3 is 2.69 bits per heavy atom. The van der Waals surface area contributed by atoms with Crippen LogP contribution in [-0.2, 0) is 22.5 Å². The van der Waals surface area contributed by atoms with Gasteiger partial charge >= 0.3 is 5.97 Å². The smallest absolute Gasteiger partial charge is 0.341 e. The molecule has 138 valence electrons. The van der Waals surface area contributed by atoms with Gasteiger partial charge in [0.05, 0.1) is 24.9 Å². The van der Waals surface area contributed by atoms with E-state index >= 15 is 0 Å². The van der Waals surface area contributed by atoms with Crippen molar-refractivity contribution < 1.29 is 19.1 Å². The molecule has 1 aliphatic rings. The van der Waals surface area contributed by atoms with Gasteiger partial charge in [-0.15, -0.1) is 11.3 Å². The summed E-state index contributed by atoms with van der Waals surface area (Å²) in [5, 5.41) is 3.43. The van der Waals surface area contributed by atoms with Gasteiger partial charge in [-0.25, -0.2) is 4.79 Å². The first-order valence-electron chi connectivity index (χ1n) is 8.80. The molecule has 0 saturated heterocycles. The molecule has 2 aromatic rings. The largest absolute Gasteiger partial charge is 0.462 e. The molecule has 1 atom stereocenters. The van der Waals surface area contributed by atoms with E-state index in [-0.39, 0.29) is 12.0 Å². The molecule has 2 heterocycles. The quantitative estimate of drug-likeness (QED) is 0.795. The van der Waals surface area contributed by atoms with Crippen LogP contribution in [0, 0.1) is 5.92 Å². The van der Waals surface area contributed by atoms with Crippen LogP contribution in [0.5, 0.6) is 0 Å². The first-order chi connectivity index (χ1) is 12.5. The number of thiophene rings is 1. The molecule has 26 heavy (non-hydrogen) atoms. The predicted octanol–water partition coefficient (Wildman–Crippen LogP) is 4.27. The number of nitrogens with one attached hydrogen (secondary N) is 1. The van der Waals surface area contributed by atoms with Gasteiger partial charge in [-0.05, 0) is 30.5 Å². The maximum absolute atomic E-state index is 12.6. The topological polar surface area (TPSA) is 64.6 Å². The molecule has 0 radical (unpaired) electrons. The van der Waals surface area contributed by atoms with E-state index in [0.29, 0.717) is 41.7 Å². The average Bonchev–Trinajstić information content (AvgIpc) is 2.99. The average molecular weight is 373 g/mol. The molecule has 0 bridgehead atoms. The first-order valence-corrected chi connectivity index (χ1v) is 9.62. The van der Waals surface area contributed by atoms with Crippen molar-refractivity contribution >= 4 is 28.2 Å². The lowest BCUT2D eigenvalue weighted by Gasteiger charge is -2.26. The molecular weight excluding hydrogens is 350 g/mol. The van der Waals surface area contributed by atoms with Crippen LogP contribution in [0.15, 0.2) is 30.3 Å². The lowest BCUT2D eigenvalue weighted by atomic mass is 9.94. The third-order valence-corrected chi connectivity index (χ3v) is 5.53. The molecule has 6 heteroatoms. The van der Waals surface area contributed by atoms with Crippen molar-refractivity contribution in [3.63, 3.8) is 0 Å². The van der Waals surface area contributed by atoms with Gasteiger partial charge in [-0.3, -0.25) is 4.79 Å². The number of carbonyl (C=O) groups excluding carboxylic acids is 2. The number of esters is 1. The maximum Gasteiger partial charge on any atom is 0.341 e. The first kappa shape index (κ1) is 18.6. The van der Waals surface area contributed by atoms with E-state index in [1.54, 1.807) is 19.1 Å². The Kier molecular flexibility index (Phi) is 5.74. The summed E-state index contributed by atoms with van der Waals surface area (Å²) in [6, 6.07) is 8.95. The number of amides is 1. The van der Waals surface area contributed by atoms with Gasteiger partial charge in [0.2, 0.25) is 0 Å².